The number of rotatable bonds is 8. The van der Waals surface area contributed by atoms with Gasteiger partial charge in [-0.05, 0) is 129 Å². The summed E-state index contributed by atoms with van der Waals surface area (Å²) in [7, 11) is 0. The van der Waals surface area contributed by atoms with Crippen LogP contribution >= 0.6 is 0 Å². The van der Waals surface area contributed by atoms with Gasteiger partial charge in [-0.15, -0.1) is 0 Å². The van der Waals surface area contributed by atoms with Crippen LogP contribution in [0.25, 0.3) is 106 Å². The predicted octanol–water partition coefficient (Wildman–Crippen LogP) is 16.3. The minimum Gasteiger partial charge on any atom is -0.507 e. The van der Waals surface area contributed by atoms with E-state index < -0.39 is 0 Å². The Morgan fingerprint density at radius 1 is 0.400 bits per heavy atom. The van der Waals surface area contributed by atoms with Crippen molar-refractivity contribution in [2.45, 2.75) is 52.4 Å². The molecule has 0 radical (unpaired) electrons. The summed E-state index contributed by atoms with van der Waals surface area (Å²) in [4.78, 5) is 19.2. The van der Waals surface area contributed by atoms with Crippen LogP contribution in [0.5, 0.6) is 5.75 Å². The number of phenols is 1. The van der Waals surface area contributed by atoms with E-state index in [0.717, 1.165) is 89.1 Å². The lowest BCUT2D eigenvalue weighted by Crippen LogP contribution is -2.16. The highest BCUT2D eigenvalue weighted by atomic mass is 16.3. The zero-order valence-electron chi connectivity index (χ0n) is 40.3. The fourth-order valence-corrected chi connectivity index (χ4v) is 9.59. The molecule has 0 saturated carbocycles. The highest BCUT2D eigenvalue weighted by Gasteiger charge is 2.23. The van der Waals surface area contributed by atoms with Crippen LogP contribution in [0.1, 0.15) is 52.7 Å². The average Bonchev–Trinajstić information content (AvgIpc) is 3.73. The first-order valence-electron chi connectivity index (χ1n) is 23.9. The Kier molecular flexibility index (Phi) is 11.0. The van der Waals surface area contributed by atoms with Crippen molar-refractivity contribution in [3.8, 4) is 89.7 Å². The summed E-state index contributed by atoms with van der Waals surface area (Å²) in [5.41, 5.74) is 19.2. The zero-order valence-corrected chi connectivity index (χ0v) is 40.3. The fourth-order valence-electron chi connectivity index (χ4n) is 9.59. The summed E-state index contributed by atoms with van der Waals surface area (Å²) in [6.07, 6.45) is 9.38. The van der Waals surface area contributed by atoms with E-state index >= 15 is 0 Å². The van der Waals surface area contributed by atoms with E-state index in [4.69, 9.17) is 9.97 Å². The summed E-state index contributed by atoms with van der Waals surface area (Å²) >= 11 is 0. The highest BCUT2D eigenvalue weighted by molar-refractivity contribution is 6.14. The molecule has 0 saturated heterocycles. The second-order valence-corrected chi connectivity index (χ2v) is 20.3. The van der Waals surface area contributed by atoms with E-state index in [1.54, 1.807) is 6.07 Å². The SMILES string of the molecule is CC(C)(C)c1cc(-c2cc(-c3cccc(-c4cc(-c5cccc6c7ccccc7n(-c7cc(-c8cccnc8)cc(-c8cccnc8)c7)c56)ccn4)c3)nc(-c3ccccc3O)c2)cc(C(C)(C)C)c1. The van der Waals surface area contributed by atoms with Crippen molar-refractivity contribution >= 4 is 21.8 Å². The molecule has 0 aliphatic carbocycles. The van der Waals surface area contributed by atoms with Gasteiger partial charge in [0.1, 0.15) is 5.75 Å². The van der Waals surface area contributed by atoms with Gasteiger partial charge in [0.15, 0.2) is 0 Å². The second kappa shape index (κ2) is 17.6. The molecule has 5 heterocycles. The Morgan fingerprint density at radius 3 is 1.61 bits per heavy atom. The number of hydrogen-bond acceptors (Lipinski definition) is 5. The number of benzene rings is 6. The van der Waals surface area contributed by atoms with E-state index in [1.807, 2.05) is 61.3 Å². The Bertz CT molecular complexity index is 3660. The average molecular weight is 908 g/mol. The second-order valence-electron chi connectivity index (χ2n) is 20.3. The summed E-state index contributed by atoms with van der Waals surface area (Å²) in [5.74, 6) is 0.191. The van der Waals surface area contributed by atoms with E-state index in [0.29, 0.717) is 11.3 Å². The number of aromatic nitrogens is 5. The summed E-state index contributed by atoms with van der Waals surface area (Å²) in [6.45, 7) is 13.6. The molecular weight excluding hydrogens is 855 g/mol. The van der Waals surface area contributed by atoms with Crippen molar-refractivity contribution in [2.24, 2.45) is 0 Å². The Balaban J connectivity index is 1.06. The lowest BCUT2D eigenvalue weighted by molar-refractivity contribution is 0.477. The normalized spacial score (nSPS) is 11.9. The number of hydrogen-bond donors (Lipinski definition) is 1. The van der Waals surface area contributed by atoms with Gasteiger partial charge in [-0.1, -0.05) is 139 Å². The highest BCUT2D eigenvalue weighted by Crippen LogP contribution is 2.42. The minimum absolute atomic E-state index is 0.0560. The van der Waals surface area contributed by atoms with Crippen LogP contribution in [0.3, 0.4) is 0 Å². The third-order valence-electron chi connectivity index (χ3n) is 13.4. The first-order valence-corrected chi connectivity index (χ1v) is 23.9. The molecule has 0 aliphatic heterocycles. The molecule has 6 aromatic carbocycles. The van der Waals surface area contributed by atoms with Gasteiger partial charge < -0.3 is 9.67 Å². The van der Waals surface area contributed by atoms with Gasteiger partial charge >= 0.3 is 0 Å². The zero-order chi connectivity index (χ0) is 48.1. The van der Waals surface area contributed by atoms with Gasteiger partial charge in [-0.3, -0.25) is 15.0 Å². The molecule has 340 valence electrons. The monoisotopic (exact) mass is 907 g/mol. The van der Waals surface area contributed by atoms with E-state index in [2.05, 4.69) is 196 Å². The van der Waals surface area contributed by atoms with Crippen LogP contribution in [0.2, 0.25) is 0 Å². The third-order valence-corrected chi connectivity index (χ3v) is 13.4. The maximum absolute atomic E-state index is 11.2. The molecule has 0 bridgehead atoms. The standard InChI is InChI=1S/C64H53N5O/c1-63(2,3)50-31-48(32-51(38-50)64(4,5)6)49-36-58(68-59(37-49)56-20-8-10-24-61(56)70)43-16-11-15-42(29-43)57-35-41(25-28-67-57)53-21-12-22-55-54-19-7-9-23-60(54)69(62(53)55)52-33-46(44-17-13-26-65-39-44)30-47(34-52)45-18-14-27-66-40-45/h7-40,70H,1-6H3. The van der Waals surface area contributed by atoms with Crippen LogP contribution in [0.15, 0.2) is 207 Å². The summed E-state index contributed by atoms with van der Waals surface area (Å²) < 4.78 is 2.41. The Morgan fingerprint density at radius 2 is 0.943 bits per heavy atom. The first-order chi connectivity index (χ1) is 33.9. The first kappa shape index (κ1) is 44.1. The molecule has 6 nitrogen and oxygen atoms in total. The molecule has 5 aromatic heterocycles. The Labute approximate surface area is 409 Å². The number of aromatic hydroxyl groups is 1. The van der Waals surface area contributed by atoms with Crippen LogP contribution in [-0.4, -0.2) is 29.6 Å². The minimum atomic E-state index is -0.0560. The molecule has 0 spiro atoms. The molecule has 11 aromatic rings. The van der Waals surface area contributed by atoms with Crippen molar-refractivity contribution in [1.82, 2.24) is 24.5 Å². The maximum Gasteiger partial charge on any atom is 0.124 e. The molecule has 6 heteroatoms. The van der Waals surface area contributed by atoms with Crippen LogP contribution in [0.4, 0.5) is 0 Å². The molecular formula is C64H53N5O. The van der Waals surface area contributed by atoms with Gasteiger partial charge in [0.2, 0.25) is 0 Å². The molecule has 0 fully saturated rings. The molecule has 0 amide bonds. The van der Waals surface area contributed by atoms with Gasteiger partial charge in [0.05, 0.1) is 28.1 Å². The van der Waals surface area contributed by atoms with E-state index in [-0.39, 0.29) is 16.6 Å². The summed E-state index contributed by atoms with van der Waals surface area (Å²) in [6, 6.07) is 61.7. The molecule has 1 N–H and O–H groups in total. The Hall–Kier alpha value is -8.48. The number of phenolic OH excluding ortho intramolecular Hbond substituents is 1. The van der Waals surface area contributed by atoms with Crippen LogP contribution < -0.4 is 0 Å². The fraction of sp³-hybridized carbons (Fsp3) is 0.125. The number of nitrogens with zero attached hydrogens (tertiary/aromatic N) is 5. The predicted molar refractivity (Wildman–Crippen MR) is 289 cm³/mol. The van der Waals surface area contributed by atoms with Crippen LogP contribution in [0, 0.1) is 0 Å². The molecule has 11 rings (SSSR count). The molecule has 70 heavy (non-hydrogen) atoms. The van der Waals surface area contributed by atoms with Crippen molar-refractivity contribution in [2.75, 3.05) is 0 Å². The van der Waals surface area contributed by atoms with Gasteiger partial charge in [-0.25, -0.2) is 4.98 Å². The largest absolute Gasteiger partial charge is 0.507 e. The number of pyridine rings is 4. The third kappa shape index (κ3) is 8.43. The summed E-state index contributed by atoms with van der Waals surface area (Å²) in [5, 5.41) is 13.5. The lowest BCUT2D eigenvalue weighted by Gasteiger charge is -2.26. The molecule has 0 aliphatic rings. The number of fused-ring (bicyclic) bond motifs is 3. The van der Waals surface area contributed by atoms with Gasteiger partial charge in [0.25, 0.3) is 0 Å². The van der Waals surface area contributed by atoms with Crippen molar-refractivity contribution in [3.05, 3.63) is 218 Å². The molecule has 0 atom stereocenters. The number of para-hydroxylation sites is 3. The maximum atomic E-state index is 11.2. The van der Waals surface area contributed by atoms with Crippen molar-refractivity contribution < 1.29 is 5.11 Å². The van der Waals surface area contributed by atoms with E-state index in [1.165, 1.54) is 16.5 Å². The lowest BCUT2D eigenvalue weighted by atomic mass is 9.79. The quantitative estimate of drug-likeness (QED) is 0.164. The van der Waals surface area contributed by atoms with Crippen molar-refractivity contribution in [1.29, 1.82) is 0 Å². The molecule has 0 unspecified atom stereocenters. The van der Waals surface area contributed by atoms with Gasteiger partial charge in [0, 0.05) is 80.8 Å². The smallest absolute Gasteiger partial charge is 0.124 e. The topological polar surface area (TPSA) is 76.7 Å². The van der Waals surface area contributed by atoms with Crippen LogP contribution in [-0.2, 0) is 10.8 Å². The van der Waals surface area contributed by atoms with Gasteiger partial charge in [-0.2, -0.15) is 0 Å². The van der Waals surface area contributed by atoms with Crippen molar-refractivity contribution in [3.63, 3.8) is 0 Å². The van der Waals surface area contributed by atoms with E-state index in [9.17, 15) is 5.11 Å².